The van der Waals surface area contributed by atoms with E-state index in [-0.39, 0.29) is 30.7 Å². The van der Waals surface area contributed by atoms with Crippen molar-refractivity contribution >= 4 is 47.9 Å². The molecule has 1 aliphatic rings. The molecule has 9 heteroatoms. The van der Waals surface area contributed by atoms with Gasteiger partial charge in [-0.2, -0.15) is 0 Å². The largest absolute Gasteiger partial charge is 0.353 e. The van der Waals surface area contributed by atoms with Gasteiger partial charge in [-0.1, -0.05) is 6.07 Å². The maximum Gasteiger partial charge on any atom is 0.273 e. The molecule has 3 heterocycles. The second kappa shape index (κ2) is 9.78. The number of piperazine rings is 1. The first kappa shape index (κ1) is 20.6. The third-order valence-corrected chi connectivity index (χ3v) is 4.58. The van der Waals surface area contributed by atoms with E-state index in [0.717, 1.165) is 30.3 Å². The first-order valence-electron chi connectivity index (χ1n) is 7.37. The van der Waals surface area contributed by atoms with Crippen molar-refractivity contribution in [1.82, 2.24) is 14.9 Å². The molecule has 0 unspecified atom stereocenters. The molecule has 0 spiro atoms. The fraction of sp³-hybridized carbons (Fsp3) is 0.400. The van der Waals surface area contributed by atoms with Crippen LogP contribution in [-0.4, -0.2) is 53.5 Å². The molecule has 24 heavy (non-hydrogen) atoms. The zero-order valence-corrected chi connectivity index (χ0v) is 15.6. The number of halogens is 2. The van der Waals surface area contributed by atoms with Gasteiger partial charge in [-0.05, 0) is 18.7 Å². The van der Waals surface area contributed by atoms with Crippen molar-refractivity contribution in [3.05, 3.63) is 40.5 Å². The lowest BCUT2D eigenvalue weighted by Gasteiger charge is -2.35. The molecular weight excluding hydrogens is 369 g/mol. The van der Waals surface area contributed by atoms with Gasteiger partial charge in [0.15, 0.2) is 0 Å². The molecule has 2 N–H and O–H groups in total. The molecule has 1 saturated heterocycles. The van der Waals surface area contributed by atoms with Gasteiger partial charge in [-0.15, -0.1) is 36.2 Å². The Morgan fingerprint density at radius 3 is 2.58 bits per heavy atom. The maximum atomic E-state index is 12.5. The first-order valence-corrected chi connectivity index (χ1v) is 8.25. The van der Waals surface area contributed by atoms with Crippen LogP contribution in [0.5, 0.6) is 0 Å². The van der Waals surface area contributed by atoms with Crippen LogP contribution in [0.3, 0.4) is 0 Å². The monoisotopic (exact) mass is 389 g/mol. The number of nitrogens with two attached hydrogens (primary N) is 1. The number of pyridine rings is 1. The number of rotatable bonds is 4. The van der Waals surface area contributed by atoms with Gasteiger partial charge in [0.25, 0.3) is 5.91 Å². The highest BCUT2D eigenvalue weighted by Gasteiger charge is 2.24. The predicted molar refractivity (Wildman–Crippen MR) is 102 cm³/mol. The zero-order valence-electron chi connectivity index (χ0n) is 13.1. The second-order valence-corrected chi connectivity index (χ2v) is 6.07. The van der Waals surface area contributed by atoms with Gasteiger partial charge in [-0.25, -0.2) is 9.97 Å². The van der Waals surface area contributed by atoms with Crippen LogP contribution < -0.4 is 10.6 Å². The summed E-state index contributed by atoms with van der Waals surface area (Å²) in [6.07, 6.45) is 2.52. The Kier molecular flexibility index (Phi) is 8.41. The topological polar surface area (TPSA) is 75.3 Å². The summed E-state index contributed by atoms with van der Waals surface area (Å²) in [5.41, 5.74) is 6.06. The molecule has 2 aromatic rings. The number of carbonyl (C=O) groups is 1. The summed E-state index contributed by atoms with van der Waals surface area (Å²) in [6, 6.07) is 5.88. The third kappa shape index (κ3) is 4.80. The van der Waals surface area contributed by atoms with Gasteiger partial charge in [-0.3, -0.25) is 4.79 Å². The van der Waals surface area contributed by atoms with Crippen LogP contribution in [-0.2, 0) is 6.42 Å². The van der Waals surface area contributed by atoms with Crippen LogP contribution in [0, 0.1) is 0 Å². The van der Waals surface area contributed by atoms with Crippen LogP contribution in [0.4, 0.5) is 5.82 Å². The van der Waals surface area contributed by atoms with Crippen molar-refractivity contribution in [2.45, 2.75) is 6.42 Å². The van der Waals surface area contributed by atoms with E-state index < -0.39 is 0 Å². The van der Waals surface area contributed by atoms with Gasteiger partial charge in [0.1, 0.15) is 11.5 Å². The van der Waals surface area contributed by atoms with Gasteiger partial charge in [0.05, 0.1) is 5.01 Å². The van der Waals surface area contributed by atoms with Gasteiger partial charge in [0.2, 0.25) is 0 Å². The van der Waals surface area contributed by atoms with Crippen molar-refractivity contribution < 1.29 is 4.79 Å². The Morgan fingerprint density at radius 1 is 1.21 bits per heavy atom. The summed E-state index contributed by atoms with van der Waals surface area (Å²) >= 11 is 1.50. The number of hydrogen-bond donors (Lipinski definition) is 1. The highest BCUT2D eigenvalue weighted by atomic mass is 35.5. The number of nitrogens with zero attached hydrogens (tertiary/aromatic N) is 4. The van der Waals surface area contributed by atoms with E-state index in [2.05, 4.69) is 14.9 Å². The van der Waals surface area contributed by atoms with E-state index in [1.807, 2.05) is 28.5 Å². The molecule has 0 radical (unpaired) electrons. The normalized spacial score (nSPS) is 13.9. The van der Waals surface area contributed by atoms with Crippen molar-refractivity contribution in [2.24, 2.45) is 5.73 Å². The Morgan fingerprint density at radius 2 is 1.96 bits per heavy atom. The number of amides is 1. The molecule has 0 atom stereocenters. The zero-order chi connectivity index (χ0) is 15.4. The van der Waals surface area contributed by atoms with E-state index in [1.54, 1.807) is 6.20 Å². The average Bonchev–Trinajstić information content (AvgIpc) is 3.04. The Hall–Kier alpha value is -1.41. The summed E-state index contributed by atoms with van der Waals surface area (Å²) in [5, 5.41) is 2.76. The molecule has 132 valence electrons. The van der Waals surface area contributed by atoms with Gasteiger partial charge >= 0.3 is 0 Å². The van der Waals surface area contributed by atoms with E-state index in [4.69, 9.17) is 5.73 Å². The van der Waals surface area contributed by atoms with Crippen LogP contribution in [0.1, 0.15) is 15.5 Å². The van der Waals surface area contributed by atoms with Crippen molar-refractivity contribution in [3.63, 3.8) is 0 Å². The standard InChI is InChI=1S/C15H19N5OS.2ClH/c16-5-4-14-18-12(11-22-14)15(21)20-9-7-19(8-10-20)13-3-1-2-6-17-13;;/h1-3,6,11H,4-5,7-10,16H2;2*1H. The Labute approximate surface area is 157 Å². The predicted octanol–water partition coefficient (Wildman–Crippen LogP) is 1.85. The lowest BCUT2D eigenvalue weighted by molar-refractivity contribution is 0.0741. The van der Waals surface area contributed by atoms with E-state index in [0.29, 0.717) is 25.3 Å². The molecule has 0 aromatic carbocycles. The lowest BCUT2D eigenvalue weighted by Crippen LogP contribution is -2.49. The Bertz CT molecular complexity index is 632. The number of hydrogen-bond acceptors (Lipinski definition) is 6. The van der Waals surface area contributed by atoms with Crippen LogP contribution >= 0.6 is 36.2 Å². The Balaban J connectivity index is 0.00000144. The molecule has 2 aromatic heterocycles. The number of thiazole rings is 1. The highest BCUT2D eigenvalue weighted by molar-refractivity contribution is 7.09. The number of carbonyl (C=O) groups excluding carboxylic acids is 1. The fourth-order valence-corrected chi connectivity index (χ4v) is 3.28. The third-order valence-electron chi connectivity index (χ3n) is 3.67. The van der Waals surface area contributed by atoms with Crippen molar-refractivity contribution in [1.29, 1.82) is 0 Å². The summed E-state index contributed by atoms with van der Waals surface area (Å²) in [7, 11) is 0. The fourth-order valence-electron chi connectivity index (χ4n) is 2.49. The molecule has 0 aliphatic carbocycles. The van der Waals surface area contributed by atoms with Crippen molar-refractivity contribution in [3.8, 4) is 0 Å². The summed E-state index contributed by atoms with van der Waals surface area (Å²) < 4.78 is 0. The van der Waals surface area contributed by atoms with Gasteiger partial charge in [0, 0.05) is 44.2 Å². The SMILES string of the molecule is Cl.Cl.NCCc1nc(C(=O)N2CCN(c3ccccn3)CC2)cs1. The summed E-state index contributed by atoms with van der Waals surface area (Å²) in [6.45, 7) is 3.54. The smallest absolute Gasteiger partial charge is 0.273 e. The van der Waals surface area contributed by atoms with Crippen LogP contribution in [0.2, 0.25) is 0 Å². The molecule has 1 aliphatic heterocycles. The molecule has 3 rings (SSSR count). The minimum Gasteiger partial charge on any atom is -0.353 e. The first-order chi connectivity index (χ1) is 10.8. The second-order valence-electron chi connectivity index (χ2n) is 5.13. The minimum atomic E-state index is 0. The highest BCUT2D eigenvalue weighted by Crippen LogP contribution is 2.16. The lowest BCUT2D eigenvalue weighted by atomic mass is 10.2. The molecule has 1 amide bonds. The molecule has 0 saturated carbocycles. The summed E-state index contributed by atoms with van der Waals surface area (Å²) in [4.78, 5) is 25.3. The minimum absolute atomic E-state index is 0. The molecular formula is C15H21Cl2N5OS. The molecule has 6 nitrogen and oxygen atoms in total. The summed E-state index contributed by atoms with van der Waals surface area (Å²) in [5.74, 6) is 0.980. The van der Waals surface area contributed by atoms with E-state index in [1.165, 1.54) is 11.3 Å². The van der Waals surface area contributed by atoms with E-state index in [9.17, 15) is 4.79 Å². The quantitative estimate of drug-likeness (QED) is 0.863. The van der Waals surface area contributed by atoms with E-state index >= 15 is 0 Å². The molecule has 0 bridgehead atoms. The van der Waals surface area contributed by atoms with Crippen LogP contribution in [0.25, 0.3) is 0 Å². The number of aromatic nitrogens is 2. The molecule has 1 fully saturated rings. The average molecular weight is 390 g/mol. The van der Waals surface area contributed by atoms with Crippen molar-refractivity contribution in [2.75, 3.05) is 37.6 Å². The maximum absolute atomic E-state index is 12.5. The van der Waals surface area contributed by atoms with Crippen LogP contribution in [0.15, 0.2) is 29.8 Å². The number of anilines is 1. The van der Waals surface area contributed by atoms with Gasteiger partial charge < -0.3 is 15.5 Å².